The maximum Gasteiger partial charge on any atom is 0.224 e. The molecule has 116 valence electrons. The van der Waals surface area contributed by atoms with Crippen molar-refractivity contribution >= 4 is 23.1 Å². The molecule has 0 radical (unpaired) electrons. The maximum atomic E-state index is 13.5. The summed E-state index contributed by atoms with van der Waals surface area (Å²) in [6.45, 7) is 0. The molecule has 2 aromatic carbocycles. The third-order valence-corrected chi connectivity index (χ3v) is 4.11. The number of halogens is 1. The molecule has 23 heavy (non-hydrogen) atoms. The van der Waals surface area contributed by atoms with Gasteiger partial charge in [0, 0.05) is 12.1 Å². The van der Waals surface area contributed by atoms with Gasteiger partial charge in [-0.1, -0.05) is 34.8 Å². The van der Waals surface area contributed by atoms with E-state index in [9.17, 15) is 9.18 Å². The van der Waals surface area contributed by atoms with Crippen molar-refractivity contribution in [3.63, 3.8) is 0 Å². The van der Waals surface area contributed by atoms with Crippen LogP contribution in [0.15, 0.2) is 54.7 Å². The molecule has 1 heterocycles. The molecule has 0 unspecified atom stereocenters. The average Bonchev–Trinajstić information content (AvgIpc) is 3.09. The second kappa shape index (κ2) is 7.11. The lowest BCUT2D eigenvalue weighted by atomic mass is 10.1. The quantitative estimate of drug-likeness (QED) is 0.773. The highest BCUT2D eigenvalue weighted by molar-refractivity contribution is 7.09. The number of nitrogens with zero attached hydrogens (tertiary/aromatic N) is 2. The molecule has 0 aliphatic carbocycles. The van der Waals surface area contributed by atoms with Crippen LogP contribution in [-0.4, -0.2) is 15.5 Å². The fraction of sp³-hybridized carbons (Fsp3) is 0.118. The molecule has 3 rings (SSSR count). The summed E-state index contributed by atoms with van der Waals surface area (Å²) in [5.74, 6) is -0.414. The Hall–Kier alpha value is -2.60. The van der Waals surface area contributed by atoms with Gasteiger partial charge in [-0.3, -0.25) is 4.79 Å². The monoisotopic (exact) mass is 327 g/mol. The van der Waals surface area contributed by atoms with Crippen LogP contribution in [0, 0.1) is 5.82 Å². The van der Waals surface area contributed by atoms with Crippen molar-refractivity contribution in [2.75, 3.05) is 5.32 Å². The number of hydrogen-bond acceptors (Lipinski definition) is 4. The fourth-order valence-corrected chi connectivity index (χ4v) is 2.70. The largest absolute Gasteiger partial charge is 0.326 e. The first-order valence-corrected chi connectivity index (χ1v) is 7.91. The fourth-order valence-electron chi connectivity index (χ4n) is 2.19. The predicted molar refractivity (Wildman–Crippen MR) is 88.7 cm³/mol. The van der Waals surface area contributed by atoms with E-state index in [0.717, 1.165) is 10.4 Å². The number of benzene rings is 2. The number of carbonyl (C=O) groups is 1. The van der Waals surface area contributed by atoms with Crippen LogP contribution in [0.3, 0.4) is 0 Å². The molecule has 0 atom stereocenters. The number of hydrogen-bond donors (Lipinski definition) is 1. The summed E-state index contributed by atoms with van der Waals surface area (Å²) in [6.07, 6.45) is 2.32. The minimum absolute atomic E-state index is 0.138. The molecule has 0 bridgehead atoms. The first-order chi connectivity index (χ1) is 11.2. The van der Waals surface area contributed by atoms with Crippen LogP contribution in [-0.2, 0) is 11.2 Å². The summed E-state index contributed by atoms with van der Waals surface area (Å²) in [6, 6.07) is 14.0. The molecule has 0 aliphatic rings. The average molecular weight is 327 g/mol. The zero-order valence-corrected chi connectivity index (χ0v) is 13.0. The van der Waals surface area contributed by atoms with E-state index < -0.39 is 0 Å². The van der Waals surface area contributed by atoms with Gasteiger partial charge in [0.15, 0.2) is 0 Å². The Morgan fingerprint density at radius 1 is 1.13 bits per heavy atom. The number of anilines is 1. The number of amides is 1. The van der Waals surface area contributed by atoms with Gasteiger partial charge in [0.25, 0.3) is 0 Å². The van der Waals surface area contributed by atoms with Crippen LogP contribution < -0.4 is 5.32 Å². The Labute approximate surface area is 137 Å². The topological polar surface area (TPSA) is 54.9 Å². The molecular formula is C17H14FN3OS. The summed E-state index contributed by atoms with van der Waals surface area (Å²) >= 11 is 1.32. The maximum absolute atomic E-state index is 13.5. The molecular weight excluding hydrogens is 313 g/mol. The van der Waals surface area contributed by atoms with E-state index in [1.165, 1.54) is 17.6 Å². The number of carbonyl (C=O) groups excluding carboxylic acids is 1. The highest BCUT2D eigenvalue weighted by atomic mass is 32.1. The van der Waals surface area contributed by atoms with Gasteiger partial charge < -0.3 is 5.32 Å². The van der Waals surface area contributed by atoms with E-state index in [1.54, 1.807) is 24.4 Å². The van der Waals surface area contributed by atoms with Gasteiger partial charge in [-0.05, 0) is 47.3 Å². The normalized spacial score (nSPS) is 10.5. The molecule has 6 heteroatoms. The van der Waals surface area contributed by atoms with Crippen LogP contribution in [0.5, 0.6) is 0 Å². The molecule has 4 nitrogen and oxygen atoms in total. The third kappa shape index (κ3) is 3.98. The molecule has 0 saturated carbocycles. The van der Waals surface area contributed by atoms with Crippen molar-refractivity contribution in [2.45, 2.75) is 12.8 Å². The molecule has 0 fully saturated rings. The van der Waals surface area contributed by atoms with Crippen molar-refractivity contribution in [3.8, 4) is 10.4 Å². The van der Waals surface area contributed by atoms with E-state index >= 15 is 0 Å². The number of aryl methyl sites for hydroxylation is 1. The van der Waals surface area contributed by atoms with Gasteiger partial charge in [0.2, 0.25) is 5.91 Å². The molecule has 0 spiro atoms. The summed E-state index contributed by atoms with van der Waals surface area (Å²) in [5.41, 5.74) is 2.27. The smallest absolute Gasteiger partial charge is 0.224 e. The summed E-state index contributed by atoms with van der Waals surface area (Å²) in [7, 11) is 0. The van der Waals surface area contributed by atoms with Gasteiger partial charge in [0.05, 0.1) is 11.1 Å². The molecule has 1 N–H and O–H groups in total. The number of nitrogens with one attached hydrogen (secondary N) is 1. The summed E-state index contributed by atoms with van der Waals surface area (Å²) < 4.78 is 17.3. The zero-order chi connectivity index (χ0) is 16.1. The first-order valence-electron chi connectivity index (χ1n) is 7.13. The van der Waals surface area contributed by atoms with Gasteiger partial charge in [-0.25, -0.2) is 4.39 Å². The van der Waals surface area contributed by atoms with Crippen LogP contribution in [0.25, 0.3) is 10.4 Å². The van der Waals surface area contributed by atoms with Crippen molar-refractivity contribution in [2.24, 2.45) is 0 Å². The highest BCUT2D eigenvalue weighted by Gasteiger charge is 2.07. The first kappa shape index (κ1) is 15.3. The Kier molecular flexibility index (Phi) is 4.73. The second-order valence-corrected chi connectivity index (χ2v) is 5.78. The third-order valence-electron chi connectivity index (χ3n) is 3.39. The van der Waals surface area contributed by atoms with E-state index in [2.05, 4.69) is 14.9 Å². The molecule has 0 aliphatic heterocycles. The Morgan fingerprint density at radius 2 is 1.91 bits per heavy atom. The number of rotatable bonds is 5. The lowest BCUT2D eigenvalue weighted by Crippen LogP contribution is -2.12. The lowest BCUT2D eigenvalue weighted by Gasteiger charge is -2.06. The summed E-state index contributed by atoms with van der Waals surface area (Å²) in [5, 5.41) is 6.61. The molecule has 1 aromatic heterocycles. The van der Waals surface area contributed by atoms with E-state index in [0.29, 0.717) is 17.7 Å². The van der Waals surface area contributed by atoms with Gasteiger partial charge in [-0.2, -0.15) is 0 Å². The van der Waals surface area contributed by atoms with Crippen molar-refractivity contribution < 1.29 is 9.18 Å². The minimum Gasteiger partial charge on any atom is -0.326 e. The Balaban J connectivity index is 1.57. The van der Waals surface area contributed by atoms with Crippen LogP contribution >= 0.6 is 11.5 Å². The standard InChI is InChI=1S/C17H14FN3OS/c18-15-4-2-1-3-12(15)7-10-17(22)20-14-8-5-13(6-9-14)16-11-19-21-23-16/h1-6,8-9,11H,7,10H2,(H,20,22). The second-order valence-electron chi connectivity index (χ2n) is 5.00. The van der Waals surface area contributed by atoms with Crippen molar-refractivity contribution in [3.05, 3.63) is 66.1 Å². The van der Waals surface area contributed by atoms with E-state index in [-0.39, 0.29) is 18.1 Å². The van der Waals surface area contributed by atoms with Gasteiger partial charge in [-0.15, -0.1) is 5.10 Å². The van der Waals surface area contributed by atoms with Crippen molar-refractivity contribution in [1.82, 2.24) is 9.59 Å². The zero-order valence-electron chi connectivity index (χ0n) is 12.2. The SMILES string of the molecule is O=C(CCc1ccccc1F)Nc1ccc(-c2cnns2)cc1. The van der Waals surface area contributed by atoms with Crippen LogP contribution in [0.2, 0.25) is 0 Å². The van der Waals surface area contributed by atoms with Crippen LogP contribution in [0.1, 0.15) is 12.0 Å². The molecule has 0 saturated heterocycles. The molecule has 3 aromatic rings. The van der Waals surface area contributed by atoms with Crippen molar-refractivity contribution in [1.29, 1.82) is 0 Å². The highest BCUT2D eigenvalue weighted by Crippen LogP contribution is 2.23. The lowest BCUT2D eigenvalue weighted by molar-refractivity contribution is -0.116. The Morgan fingerprint density at radius 3 is 2.61 bits per heavy atom. The van der Waals surface area contributed by atoms with E-state index in [1.807, 2.05) is 24.3 Å². The van der Waals surface area contributed by atoms with Gasteiger partial charge >= 0.3 is 0 Å². The van der Waals surface area contributed by atoms with E-state index in [4.69, 9.17) is 0 Å². The van der Waals surface area contributed by atoms with Crippen LogP contribution in [0.4, 0.5) is 10.1 Å². The predicted octanol–water partition coefficient (Wildman–Crippen LogP) is 3.92. The van der Waals surface area contributed by atoms with Gasteiger partial charge in [0.1, 0.15) is 5.82 Å². The number of aromatic nitrogens is 2. The summed E-state index contributed by atoms with van der Waals surface area (Å²) in [4.78, 5) is 12.9. The minimum atomic E-state index is -0.275. The molecule has 1 amide bonds. The Bertz CT molecular complexity index is 788.